The van der Waals surface area contributed by atoms with Gasteiger partial charge < -0.3 is 21.7 Å². The molecule has 25 heavy (non-hydrogen) atoms. The quantitative estimate of drug-likeness (QED) is 0.488. The third-order valence-electron chi connectivity index (χ3n) is 4.05. The van der Waals surface area contributed by atoms with Crippen molar-refractivity contribution < 1.29 is 28.6 Å². The minimum absolute atomic E-state index is 0.0200. The standard InChI is InChI=1S/C17H23F2N2O4/c1-17(25,16(21)24)7-6-11(15(20)23)9-12(22)4-2-10-3-5-13(18)14(19)8-10/h3-5,8,11-12,22,25H,2,6-7,9H2,1H3,(H2,20,23)(H2,21,24)/t11-,12+,17?/m1/s1. The number of hydrogen-bond donors (Lipinski definition) is 4. The number of carbonyl (C=O) groups is 2. The highest BCUT2D eigenvalue weighted by Gasteiger charge is 2.30. The number of aliphatic hydroxyl groups is 2. The second kappa shape index (κ2) is 8.87. The molecule has 0 saturated heterocycles. The van der Waals surface area contributed by atoms with E-state index in [2.05, 4.69) is 0 Å². The van der Waals surface area contributed by atoms with E-state index in [0.29, 0.717) is 5.56 Å². The molecule has 1 aromatic rings. The van der Waals surface area contributed by atoms with Crippen molar-refractivity contribution in [3.05, 3.63) is 41.8 Å². The SMILES string of the molecule is CC(O)(CC[C@H](C[C@@H](O)[CH]Cc1ccc(F)c(F)c1)C(N)=O)C(N)=O. The molecule has 1 radical (unpaired) electrons. The van der Waals surface area contributed by atoms with Crippen LogP contribution < -0.4 is 11.5 Å². The van der Waals surface area contributed by atoms with Crippen molar-refractivity contribution in [3.8, 4) is 0 Å². The largest absolute Gasteiger partial charge is 0.393 e. The zero-order valence-electron chi connectivity index (χ0n) is 13.9. The first-order valence-electron chi connectivity index (χ1n) is 7.80. The molecule has 2 amide bonds. The zero-order chi connectivity index (χ0) is 19.2. The van der Waals surface area contributed by atoms with Gasteiger partial charge in [0.05, 0.1) is 6.10 Å². The van der Waals surface area contributed by atoms with Gasteiger partial charge in [-0.1, -0.05) is 6.07 Å². The van der Waals surface area contributed by atoms with Crippen LogP contribution in [0.4, 0.5) is 8.78 Å². The molecule has 6 nitrogen and oxygen atoms in total. The Morgan fingerprint density at radius 3 is 2.44 bits per heavy atom. The third kappa shape index (κ3) is 6.75. The summed E-state index contributed by atoms with van der Waals surface area (Å²) in [4.78, 5) is 22.6. The van der Waals surface area contributed by atoms with Gasteiger partial charge >= 0.3 is 0 Å². The van der Waals surface area contributed by atoms with Crippen LogP contribution in [0, 0.1) is 24.0 Å². The first-order valence-corrected chi connectivity index (χ1v) is 7.80. The molecule has 1 aromatic carbocycles. The maximum absolute atomic E-state index is 13.1. The molecule has 1 unspecified atom stereocenters. The average Bonchev–Trinajstić information content (AvgIpc) is 2.52. The number of aliphatic hydroxyl groups excluding tert-OH is 1. The van der Waals surface area contributed by atoms with Crippen LogP contribution in [0.5, 0.6) is 0 Å². The Morgan fingerprint density at radius 1 is 1.28 bits per heavy atom. The van der Waals surface area contributed by atoms with Gasteiger partial charge in [0.1, 0.15) is 5.60 Å². The Hall–Kier alpha value is -2.06. The van der Waals surface area contributed by atoms with Gasteiger partial charge in [-0.15, -0.1) is 0 Å². The van der Waals surface area contributed by atoms with Crippen molar-refractivity contribution in [3.63, 3.8) is 0 Å². The first kappa shape index (κ1) is 21.0. The first-order chi connectivity index (χ1) is 11.5. The van der Waals surface area contributed by atoms with Gasteiger partial charge in [0, 0.05) is 5.92 Å². The summed E-state index contributed by atoms with van der Waals surface area (Å²) in [6.07, 6.45) is 0.558. The van der Waals surface area contributed by atoms with Crippen molar-refractivity contribution in [2.75, 3.05) is 0 Å². The lowest BCUT2D eigenvalue weighted by atomic mass is 9.88. The predicted octanol–water partition coefficient (Wildman–Crippen LogP) is 0.581. The molecule has 0 saturated carbocycles. The van der Waals surface area contributed by atoms with Gasteiger partial charge in [0.15, 0.2) is 11.6 Å². The van der Waals surface area contributed by atoms with Gasteiger partial charge in [-0.25, -0.2) is 8.78 Å². The summed E-state index contributed by atoms with van der Waals surface area (Å²) in [5, 5.41) is 19.8. The van der Waals surface area contributed by atoms with Crippen LogP contribution in [0.25, 0.3) is 0 Å². The van der Waals surface area contributed by atoms with Crippen LogP contribution in [0.3, 0.4) is 0 Å². The lowest BCUT2D eigenvalue weighted by molar-refractivity contribution is -0.136. The number of primary amides is 2. The summed E-state index contributed by atoms with van der Waals surface area (Å²) in [6, 6.07) is 3.40. The van der Waals surface area contributed by atoms with Gasteiger partial charge in [-0.2, -0.15) is 0 Å². The number of amides is 2. The number of rotatable bonds is 10. The van der Waals surface area contributed by atoms with E-state index in [9.17, 15) is 28.6 Å². The molecule has 0 aliphatic heterocycles. The molecule has 0 aliphatic rings. The Kier molecular flexibility index (Phi) is 7.44. The summed E-state index contributed by atoms with van der Waals surface area (Å²) >= 11 is 0. The summed E-state index contributed by atoms with van der Waals surface area (Å²) in [7, 11) is 0. The Morgan fingerprint density at radius 2 is 1.92 bits per heavy atom. The van der Waals surface area contributed by atoms with Crippen molar-refractivity contribution in [1.29, 1.82) is 0 Å². The maximum Gasteiger partial charge on any atom is 0.249 e. The second-order valence-corrected chi connectivity index (χ2v) is 6.27. The maximum atomic E-state index is 13.1. The molecule has 8 heteroatoms. The van der Waals surface area contributed by atoms with Gasteiger partial charge in [-0.05, 0) is 56.7 Å². The van der Waals surface area contributed by atoms with Crippen LogP contribution in [-0.4, -0.2) is 33.7 Å². The Balaban J connectivity index is 2.55. The van der Waals surface area contributed by atoms with Crippen LogP contribution in [0.15, 0.2) is 18.2 Å². The monoisotopic (exact) mass is 357 g/mol. The smallest absolute Gasteiger partial charge is 0.249 e. The zero-order valence-corrected chi connectivity index (χ0v) is 13.9. The van der Waals surface area contributed by atoms with Crippen molar-refractivity contribution >= 4 is 11.8 Å². The number of halogens is 2. The van der Waals surface area contributed by atoms with E-state index in [0.717, 1.165) is 12.1 Å². The van der Waals surface area contributed by atoms with Crippen molar-refractivity contribution in [1.82, 2.24) is 0 Å². The van der Waals surface area contributed by atoms with E-state index in [1.807, 2.05) is 0 Å². The normalized spacial score (nSPS) is 16.0. The highest BCUT2D eigenvalue weighted by Crippen LogP contribution is 2.21. The van der Waals surface area contributed by atoms with E-state index >= 15 is 0 Å². The minimum Gasteiger partial charge on any atom is -0.393 e. The van der Waals surface area contributed by atoms with Crippen LogP contribution in [0.1, 0.15) is 31.7 Å². The third-order valence-corrected chi connectivity index (χ3v) is 4.05. The van der Waals surface area contributed by atoms with Gasteiger partial charge in [0.25, 0.3) is 0 Å². The Labute approximate surface area is 144 Å². The van der Waals surface area contributed by atoms with Crippen LogP contribution in [0.2, 0.25) is 0 Å². The highest BCUT2D eigenvalue weighted by atomic mass is 19.2. The van der Waals surface area contributed by atoms with Crippen molar-refractivity contribution in [2.24, 2.45) is 17.4 Å². The molecule has 3 atom stereocenters. The topological polar surface area (TPSA) is 127 Å². The highest BCUT2D eigenvalue weighted by molar-refractivity contribution is 5.82. The van der Waals surface area contributed by atoms with Gasteiger partial charge in [-0.3, -0.25) is 9.59 Å². The van der Waals surface area contributed by atoms with E-state index in [1.54, 1.807) is 0 Å². The molecule has 0 fully saturated rings. The summed E-state index contributed by atoms with van der Waals surface area (Å²) < 4.78 is 26.0. The Bertz CT molecular complexity index is 623. The molecule has 0 aromatic heterocycles. The molecule has 139 valence electrons. The average molecular weight is 357 g/mol. The molecule has 0 aliphatic carbocycles. The number of hydrogen-bond acceptors (Lipinski definition) is 4. The second-order valence-electron chi connectivity index (χ2n) is 6.27. The summed E-state index contributed by atoms with van der Waals surface area (Å²) in [6.45, 7) is 1.24. The molecule has 1 rings (SSSR count). The summed E-state index contributed by atoms with van der Waals surface area (Å²) in [5.74, 6) is -4.31. The molecule has 0 heterocycles. The van der Waals surface area contributed by atoms with E-state index < -0.39 is 41.1 Å². The number of benzene rings is 1. The number of carbonyl (C=O) groups excluding carboxylic acids is 2. The molecule has 6 N–H and O–H groups in total. The molecule has 0 spiro atoms. The molecule has 0 bridgehead atoms. The van der Waals surface area contributed by atoms with Crippen molar-refractivity contribution in [2.45, 2.75) is 44.3 Å². The predicted molar refractivity (Wildman–Crippen MR) is 86.7 cm³/mol. The lowest BCUT2D eigenvalue weighted by Crippen LogP contribution is -2.42. The summed E-state index contributed by atoms with van der Waals surface area (Å²) in [5.41, 5.74) is 9.03. The fourth-order valence-corrected chi connectivity index (χ4v) is 2.28. The fraction of sp³-hybridized carbons (Fsp3) is 0.471. The minimum atomic E-state index is -1.77. The fourth-order valence-electron chi connectivity index (χ4n) is 2.28. The van der Waals surface area contributed by atoms with Gasteiger partial charge in [0.2, 0.25) is 11.8 Å². The van der Waals surface area contributed by atoms with E-state index in [1.165, 1.54) is 19.4 Å². The van der Waals surface area contributed by atoms with Crippen LogP contribution >= 0.6 is 0 Å². The van der Waals surface area contributed by atoms with Crippen LogP contribution in [-0.2, 0) is 16.0 Å². The molecular weight excluding hydrogens is 334 g/mol. The lowest BCUT2D eigenvalue weighted by Gasteiger charge is -2.23. The van der Waals surface area contributed by atoms with E-state index in [4.69, 9.17) is 11.5 Å². The molecular formula is C17H23F2N2O4. The van der Waals surface area contributed by atoms with E-state index in [-0.39, 0.29) is 25.7 Å². The number of nitrogens with two attached hydrogens (primary N) is 2.